The number of fused-ring (bicyclic) bond motifs is 3. The average molecular weight is 1090 g/mol. The Morgan fingerprint density at radius 3 is 2.47 bits per heavy atom. The first-order valence-corrected chi connectivity index (χ1v) is 28.3. The second-order valence-corrected chi connectivity index (χ2v) is 23.1. The monoisotopic (exact) mass is 1090 g/mol. The Bertz CT molecular complexity index is 2410. The molecule has 0 radical (unpaired) electrons. The van der Waals surface area contributed by atoms with E-state index in [0.29, 0.717) is 50.5 Å². The van der Waals surface area contributed by atoms with Crippen molar-refractivity contribution in [2.75, 3.05) is 13.7 Å². The number of ether oxygens (including phenoxy) is 4. The number of phenols is 1. The van der Waals surface area contributed by atoms with Crippen molar-refractivity contribution >= 4 is 29.6 Å². The predicted octanol–water partition coefficient (Wildman–Crippen LogP) is 6.92. The van der Waals surface area contributed by atoms with Crippen molar-refractivity contribution in [2.45, 2.75) is 193 Å². The van der Waals surface area contributed by atoms with Gasteiger partial charge < -0.3 is 50.2 Å². The number of cyclic esters (lactones) is 1. The summed E-state index contributed by atoms with van der Waals surface area (Å²) in [5.74, 6) is -6.69. The van der Waals surface area contributed by atoms with Crippen LogP contribution >= 0.6 is 0 Å². The average Bonchev–Trinajstić information content (AvgIpc) is 3.47. The van der Waals surface area contributed by atoms with Gasteiger partial charge >= 0.3 is 5.97 Å². The predicted molar refractivity (Wildman–Crippen MR) is 293 cm³/mol. The summed E-state index contributed by atoms with van der Waals surface area (Å²) in [6.07, 6.45) is 18.0. The summed E-state index contributed by atoms with van der Waals surface area (Å²) in [4.78, 5) is 70.3. The van der Waals surface area contributed by atoms with Gasteiger partial charge in [0.05, 0.1) is 30.3 Å². The van der Waals surface area contributed by atoms with Crippen molar-refractivity contribution < 1.29 is 62.6 Å². The Balaban J connectivity index is 1.20. The maximum Gasteiger partial charge on any atom is 0.325 e. The van der Waals surface area contributed by atoms with Gasteiger partial charge in [-0.25, -0.2) is 9.82 Å². The highest BCUT2D eigenvalue weighted by molar-refractivity contribution is 5.93. The molecule has 4 amide bonds. The van der Waals surface area contributed by atoms with Crippen LogP contribution < -0.4 is 21.4 Å². The smallest absolute Gasteiger partial charge is 0.325 e. The van der Waals surface area contributed by atoms with Gasteiger partial charge in [0.25, 0.3) is 5.91 Å². The number of halogens is 1. The second-order valence-electron chi connectivity index (χ2n) is 23.1. The molecule has 2 bridgehead atoms. The normalized spacial score (nSPS) is 35.6. The van der Waals surface area contributed by atoms with Gasteiger partial charge in [-0.05, 0) is 100.0 Å². The van der Waals surface area contributed by atoms with Crippen LogP contribution in [-0.2, 0) is 49.3 Å². The quantitative estimate of drug-likeness (QED) is 0.0605. The Kier molecular flexibility index (Phi) is 22.1. The lowest BCUT2D eigenvalue weighted by atomic mass is 9.78. The van der Waals surface area contributed by atoms with E-state index in [1.807, 2.05) is 51.2 Å². The van der Waals surface area contributed by atoms with E-state index in [-0.39, 0.29) is 55.1 Å². The summed E-state index contributed by atoms with van der Waals surface area (Å²) in [7, 11) is 1.52. The lowest BCUT2D eigenvalue weighted by Gasteiger charge is -2.48. The van der Waals surface area contributed by atoms with Gasteiger partial charge in [-0.15, -0.1) is 0 Å². The first kappa shape index (κ1) is 62.0. The van der Waals surface area contributed by atoms with E-state index in [1.165, 1.54) is 24.3 Å². The molecular formula is C60H88FN5O12. The number of nitrogens with zero attached hydrogens (tertiary/aromatic N) is 1. The molecular weight excluding hydrogens is 1000 g/mol. The number of phenolic OH excluding ortho intramolecular Hbond substituents is 1. The molecule has 1 spiro atoms. The minimum absolute atomic E-state index is 0.00179. The number of piperidine rings is 1. The van der Waals surface area contributed by atoms with E-state index in [1.54, 1.807) is 45.9 Å². The summed E-state index contributed by atoms with van der Waals surface area (Å²) in [5.41, 5.74) is 3.24. The Morgan fingerprint density at radius 2 is 1.77 bits per heavy atom. The van der Waals surface area contributed by atoms with Crippen LogP contribution in [0.1, 0.15) is 132 Å². The van der Waals surface area contributed by atoms with Crippen molar-refractivity contribution in [3.8, 4) is 5.75 Å². The van der Waals surface area contributed by atoms with Crippen LogP contribution in [0.2, 0.25) is 0 Å². The first-order chi connectivity index (χ1) is 37.0. The highest BCUT2D eigenvalue weighted by atomic mass is 19.1. The fourth-order valence-corrected chi connectivity index (χ4v) is 11.1. The topological polar surface area (TPSA) is 234 Å². The second kappa shape index (κ2) is 27.8. The van der Waals surface area contributed by atoms with Gasteiger partial charge in [0, 0.05) is 63.0 Å². The summed E-state index contributed by atoms with van der Waals surface area (Å²) in [6, 6.07) is 0.284. The summed E-state index contributed by atoms with van der Waals surface area (Å²) >= 11 is 0. The van der Waals surface area contributed by atoms with Crippen molar-refractivity contribution in [3.05, 3.63) is 89.8 Å². The minimum atomic E-state index is -1.29. The molecule has 432 valence electrons. The SMILES string of the molecule is CC[C@H]1C[C@H](C)[C@@]2(C=C[C@@H](C)[C@H](C[C@H](O)[C@@H](C)CC/C=C/C=C(\C)[C@@H]3C/C=C/C=C/[C@H](O)[C@H](C)[C@H]4OC(C)(OC)CC[C@H]4C(=O)N[C@@H](C(C)C)C(=O)N[C@@H](Cc4ccc(F)c(O)c4)C(=O)N4CCCC(N4)C(=O)O3)O2)NC1=O. The number of benzene rings is 1. The zero-order valence-electron chi connectivity index (χ0n) is 47.4. The van der Waals surface area contributed by atoms with Crippen LogP contribution in [0, 0.1) is 47.2 Å². The fraction of sp³-hybridized carbons (Fsp3) is 0.650. The molecule has 0 aliphatic carbocycles. The van der Waals surface area contributed by atoms with E-state index in [2.05, 4.69) is 41.3 Å². The molecule has 16 atom stereocenters. The third kappa shape index (κ3) is 15.8. The molecule has 18 heteroatoms. The number of hydrogen-bond donors (Lipinski definition) is 7. The molecule has 17 nitrogen and oxygen atoms in total. The number of hydrogen-bond acceptors (Lipinski definition) is 13. The van der Waals surface area contributed by atoms with Crippen LogP contribution in [0.3, 0.4) is 0 Å². The maximum atomic E-state index is 14.6. The Labute approximate surface area is 460 Å². The number of carbonyl (C=O) groups is 5. The summed E-state index contributed by atoms with van der Waals surface area (Å²) in [6.45, 7) is 17.3. The number of aromatic hydroxyl groups is 1. The minimum Gasteiger partial charge on any atom is -0.505 e. The molecule has 78 heavy (non-hydrogen) atoms. The Hall–Kier alpha value is -5.24. The molecule has 7 N–H and O–H groups in total. The maximum absolute atomic E-state index is 14.6. The van der Waals surface area contributed by atoms with Crippen molar-refractivity contribution in [3.63, 3.8) is 0 Å². The van der Waals surface area contributed by atoms with E-state index >= 15 is 0 Å². The summed E-state index contributed by atoms with van der Waals surface area (Å²) < 4.78 is 39.2. The van der Waals surface area contributed by atoms with Gasteiger partial charge in [0.15, 0.2) is 23.1 Å². The van der Waals surface area contributed by atoms with E-state index in [9.17, 15) is 43.7 Å². The largest absolute Gasteiger partial charge is 0.505 e. The number of aliphatic hydroxyl groups excluding tert-OH is 2. The molecule has 3 saturated heterocycles. The molecule has 6 rings (SSSR count). The number of aliphatic hydroxyl groups is 2. The molecule has 2 unspecified atom stereocenters. The number of hydrazine groups is 1. The number of nitrogens with one attached hydrogen (secondary N) is 4. The van der Waals surface area contributed by atoms with Gasteiger partial charge in [-0.1, -0.05) is 103 Å². The zero-order valence-corrected chi connectivity index (χ0v) is 47.4. The van der Waals surface area contributed by atoms with Crippen LogP contribution in [0.4, 0.5) is 4.39 Å². The van der Waals surface area contributed by atoms with Gasteiger partial charge in [-0.2, -0.15) is 0 Å². The van der Waals surface area contributed by atoms with Gasteiger partial charge in [0.1, 0.15) is 24.2 Å². The van der Waals surface area contributed by atoms with Crippen LogP contribution in [-0.4, -0.2) is 124 Å². The standard InChI is InChI=1S/C60H88FN5O12/c1-11-42-31-39(7)60(64-54(42)70)29-26-38(6)51(77-60)34-48(68)36(4)19-14-12-15-20-37(5)50-23-17-13-16-22-47(67)40(8)53-43(27-28-59(9,75-10)78-53)55(71)63-52(35(2)3)56(72)62-46(32-41-24-25-44(61)49(69)33-41)57(73)66-30-18-21-45(65-66)58(74)76-50/h12-13,15-17,20,22,24-26,29,33,35-36,38-40,42-43,45-48,50-53,65,67-69H,11,14,18-19,21,23,27-28,30-32,34H2,1-10H3,(H,62,72)(H,63,71)(H,64,70)/b15-12+,17-13+,22-16+,37-20+/t36-,38+,39-,40-,42-,43+,45?,46-,47-,48-,50-,51-,52-,53+,59?,60-/m0/s1. The molecule has 1 aromatic rings. The molecule has 5 aliphatic rings. The number of allylic oxidation sites excluding steroid dienone is 5. The van der Waals surface area contributed by atoms with Crippen LogP contribution in [0.15, 0.2) is 78.5 Å². The van der Waals surface area contributed by atoms with Gasteiger partial charge in [0.2, 0.25) is 17.7 Å². The third-order valence-corrected chi connectivity index (χ3v) is 16.8. The molecule has 0 saturated carbocycles. The summed E-state index contributed by atoms with van der Waals surface area (Å²) in [5, 5.41) is 43.4. The third-order valence-electron chi connectivity index (χ3n) is 16.8. The van der Waals surface area contributed by atoms with Crippen molar-refractivity contribution in [2.24, 2.45) is 41.4 Å². The van der Waals surface area contributed by atoms with E-state index in [0.717, 1.165) is 24.5 Å². The van der Waals surface area contributed by atoms with Crippen LogP contribution in [0.5, 0.6) is 5.75 Å². The fourth-order valence-electron chi connectivity index (χ4n) is 11.1. The lowest BCUT2D eigenvalue weighted by molar-refractivity contribution is -0.280. The highest BCUT2D eigenvalue weighted by Crippen LogP contribution is 2.40. The molecule has 5 aliphatic heterocycles. The number of esters is 1. The molecule has 5 heterocycles. The van der Waals surface area contributed by atoms with Crippen molar-refractivity contribution in [1.29, 1.82) is 0 Å². The van der Waals surface area contributed by atoms with Gasteiger partial charge in [-0.3, -0.25) is 29.0 Å². The molecule has 1 aromatic carbocycles. The first-order valence-electron chi connectivity index (χ1n) is 28.3. The number of methoxy groups -OCH3 is 1. The van der Waals surface area contributed by atoms with Crippen molar-refractivity contribution in [1.82, 2.24) is 26.4 Å². The molecule has 0 aromatic heterocycles. The highest BCUT2D eigenvalue weighted by Gasteiger charge is 2.49. The molecule has 3 fully saturated rings. The van der Waals surface area contributed by atoms with E-state index in [4.69, 9.17) is 18.9 Å². The lowest BCUT2D eigenvalue weighted by Crippen LogP contribution is -2.62. The van der Waals surface area contributed by atoms with E-state index < -0.39 is 107 Å². The van der Waals surface area contributed by atoms with Crippen LogP contribution in [0.25, 0.3) is 0 Å². The Morgan fingerprint density at radius 1 is 1.01 bits per heavy atom. The number of rotatable bonds is 13. The number of amides is 4. The number of carbonyl (C=O) groups excluding carboxylic acids is 5. The zero-order chi connectivity index (χ0) is 57.1.